The van der Waals surface area contributed by atoms with Gasteiger partial charge in [0.05, 0.1) is 12.8 Å². The van der Waals surface area contributed by atoms with Crippen molar-refractivity contribution in [3.63, 3.8) is 0 Å². The average molecular weight is 423 g/mol. The van der Waals surface area contributed by atoms with Crippen LogP contribution in [0.4, 0.5) is 10.5 Å². The molecule has 2 aromatic rings. The fourth-order valence-corrected chi connectivity index (χ4v) is 5.70. The molecule has 4 rings (SSSR count). The number of nitrogens with zero attached hydrogens (tertiary/aromatic N) is 2. The predicted molar refractivity (Wildman–Crippen MR) is 107 cm³/mol. The van der Waals surface area contributed by atoms with E-state index in [1.54, 1.807) is 0 Å². The highest BCUT2D eigenvalue weighted by Gasteiger charge is 2.29. The first-order valence-corrected chi connectivity index (χ1v) is 11.4. The molecule has 0 saturated carbocycles. The van der Waals surface area contributed by atoms with Gasteiger partial charge >= 0.3 is 6.03 Å². The van der Waals surface area contributed by atoms with E-state index in [9.17, 15) is 19.2 Å². The number of amides is 2. The van der Waals surface area contributed by atoms with Gasteiger partial charge in [0.1, 0.15) is 14.8 Å². The molecule has 0 fully saturated rings. The van der Waals surface area contributed by atoms with E-state index >= 15 is 0 Å². The average Bonchev–Trinajstić information content (AvgIpc) is 3.26. The molecule has 0 bridgehead atoms. The Morgan fingerprint density at radius 2 is 2.07 bits per heavy atom. The van der Waals surface area contributed by atoms with E-state index < -0.39 is 28.2 Å². The van der Waals surface area contributed by atoms with Crippen LogP contribution in [0, 0.1) is 0 Å². The van der Waals surface area contributed by atoms with E-state index in [-0.39, 0.29) is 9.22 Å². The Morgan fingerprint density at radius 1 is 1.36 bits per heavy atom. The summed E-state index contributed by atoms with van der Waals surface area (Å²) >= 11 is 0.861. The van der Waals surface area contributed by atoms with Crippen molar-refractivity contribution in [2.75, 3.05) is 11.9 Å². The predicted octanol–water partition coefficient (Wildman–Crippen LogP) is 1.86. The zero-order chi connectivity index (χ0) is 20.1. The van der Waals surface area contributed by atoms with Crippen molar-refractivity contribution in [3.05, 3.63) is 39.5 Å². The van der Waals surface area contributed by atoms with Gasteiger partial charge in [0.25, 0.3) is 0 Å². The maximum atomic E-state index is 12.8. The normalized spacial score (nSPS) is 19.0. The highest BCUT2D eigenvalue weighted by molar-refractivity contribution is 7.93. The lowest BCUT2D eigenvalue weighted by molar-refractivity contribution is -0.00244. The summed E-state index contributed by atoms with van der Waals surface area (Å²) in [6.07, 6.45) is 6.10. The molecular formula is C18H22N4O4S2. The summed E-state index contributed by atoms with van der Waals surface area (Å²) in [6, 6.07) is 1.47. The second-order valence-corrected chi connectivity index (χ2v) is 10.4. The van der Waals surface area contributed by atoms with Crippen molar-refractivity contribution in [2.45, 2.75) is 48.8 Å². The van der Waals surface area contributed by atoms with Crippen molar-refractivity contribution >= 4 is 33.0 Å². The van der Waals surface area contributed by atoms with Gasteiger partial charge in [-0.15, -0.1) is 15.7 Å². The standard InChI is InChI=1S/C18H22N4O4S2/c1-18(25,9-23)16-20-8-14(27-16)28(19,26)22-17(24)21-15-12-4-2-3-10(12)7-11-5-6-13(11)15/h7-8,23,25H,2-6,9H2,1H3,(H3,19,21,22,24,26)/t18-,28-/m0/s1. The van der Waals surface area contributed by atoms with Crippen LogP contribution in [0.3, 0.4) is 0 Å². The van der Waals surface area contributed by atoms with Crippen molar-refractivity contribution in [3.8, 4) is 0 Å². The van der Waals surface area contributed by atoms with Crippen LogP contribution in [0.5, 0.6) is 0 Å². The summed E-state index contributed by atoms with van der Waals surface area (Å²) in [5, 5.41) is 28.1. The number of thiazole rings is 1. The molecule has 0 radical (unpaired) electrons. The molecule has 8 nitrogen and oxygen atoms in total. The van der Waals surface area contributed by atoms with Gasteiger partial charge < -0.3 is 15.5 Å². The highest BCUT2D eigenvalue weighted by atomic mass is 32.2. The van der Waals surface area contributed by atoms with Crippen LogP contribution < -0.4 is 10.5 Å². The molecule has 5 N–H and O–H groups in total. The lowest BCUT2D eigenvalue weighted by Gasteiger charge is -2.25. The van der Waals surface area contributed by atoms with E-state index in [0.29, 0.717) is 0 Å². The van der Waals surface area contributed by atoms with Crippen LogP contribution in [-0.2, 0) is 41.2 Å². The molecule has 0 unspecified atom stereocenters. The Morgan fingerprint density at radius 3 is 2.75 bits per heavy atom. The quantitative estimate of drug-likeness (QED) is 0.596. The topological polar surface area (TPSA) is 138 Å². The second-order valence-electron chi connectivity index (χ2n) is 7.39. The zero-order valence-corrected chi connectivity index (χ0v) is 17.0. The van der Waals surface area contributed by atoms with Gasteiger partial charge in [-0.25, -0.2) is 19.1 Å². The molecule has 2 aliphatic rings. The summed E-state index contributed by atoms with van der Waals surface area (Å²) in [5.41, 5.74) is 4.02. The van der Waals surface area contributed by atoms with Crippen LogP contribution in [0.25, 0.3) is 0 Å². The maximum absolute atomic E-state index is 12.8. The number of aliphatic hydroxyl groups is 2. The van der Waals surface area contributed by atoms with E-state index in [1.807, 2.05) is 0 Å². The van der Waals surface area contributed by atoms with Gasteiger partial charge in [-0.3, -0.25) is 0 Å². The van der Waals surface area contributed by atoms with Gasteiger partial charge in [0, 0.05) is 5.69 Å². The molecule has 150 valence electrons. The lowest BCUT2D eigenvalue weighted by Crippen LogP contribution is -2.25. The number of carbonyl (C=O) groups excluding carboxylic acids is 1. The number of nitrogens with one attached hydrogen (secondary N) is 1. The Bertz CT molecular complexity index is 1080. The van der Waals surface area contributed by atoms with Gasteiger partial charge in [0.15, 0.2) is 9.92 Å². The monoisotopic (exact) mass is 422 g/mol. The number of anilines is 1. The first kappa shape index (κ1) is 19.5. The van der Waals surface area contributed by atoms with Crippen molar-refractivity contribution in [1.29, 1.82) is 0 Å². The highest BCUT2D eigenvalue weighted by Crippen LogP contribution is 2.39. The van der Waals surface area contributed by atoms with Crippen LogP contribution in [-0.4, -0.2) is 32.0 Å². The molecule has 0 saturated heterocycles. The van der Waals surface area contributed by atoms with Crippen LogP contribution in [0.1, 0.15) is 40.6 Å². The molecular weight excluding hydrogens is 400 g/mol. The Labute approximate surface area is 167 Å². The van der Waals surface area contributed by atoms with E-state index in [1.165, 1.54) is 24.2 Å². The van der Waals surface area contributed by atoms with Gasteiger partial charge in [-0.2, -0.15) is 0 Å². The van der Waals surface area contributed by atoms with Crippen molar-refractivity contribution in [2.24, 2.45) is 9.50 Å². The number of fused-ring (bicyclic) bond motifs is 2. The molecule has 1 aromatic heterocycles. The Balaban J connectivity index is 1.62. The zero-order valence-electron chi connectivity index (χ0n) is 15.4. The lowest BCUT2D eigenvalue weighted by atomic mass is 9.83. The summed E-state index contributed by atoms with van der Waals surface area (Å²) in [6.45, 7) is 0.832. The van der Waals surface area contributed by atoms with Crippen molar-refractivity contribution < 1.29 is 19.2 Å². The summed E-state index contributed by atoms with van der Waals surface area (Å²) in [4.78, 5) is 16.5. The fraction of sp³-hybridized carbons (Fsp3) is 0.444. The Kier molecular flexibility index (Phi) is 4.79. The largest absolute Gasteiger partial charge is 0.393 e. The minimum Gasteiger partial charge on any atom is -0.393 e. The summed E-state index contributed by atoms with van der Waals surface area (Å²) in [7, 11) is -3.52. The first-order chi connectivity index (χ1) is 13.2. The van der Waals surface area contributed by atoms with E-state index in [4.69, 9.17) is 5.14 Å². The number of urea groups is 1. The minimum absolute atomic E-state index is 0.0673. The Hall–Kier alpha value is -1.85. The van der Waals surface area contributed by atoms with Crippen LogP contribution >= 0.6 is 11.3 Å². The van der Waals surface area contributed by atoms with Gasteiger partial charge in [-0.05, 0) is 61.3 Å². The third-order valence-electron chi connectivity index (χ3n) is 5.24. The number of carbonyl (C=O) groups is 1. The van der Waals surface area contributed by atoms with Crippen LogP contribution in [0.2, 0.25) is 0 Å². The first-order valence-electron chi connectivity index (χ1n) is 9.03. The molecule has 2 atom stereocenters. The summed E-state index contributed by atoms with van der Waals surface area (Å²) in [5.74, 6) is 0. The molecule has 2 amide bonds. The number of rotatable bonds is 4. The van der Waals surface area contributed by atoms with Crippen molar-refractivity contribution in [1.82, 2.24) is 4.98 Å². The molecule has 28 heavy (non-hydrogen) atoms. The SMILES string of the molecule is C[C@](O)(CO)c1ncc([S@@](N)(=O)=NC(=O)Nc2c3c(cc4c2CC4)CCC3)s1. The number of benzene rings is 1. The second kappa shape index (κ2) is 6.89. The molecule has 0 spiro atoms. The van der Waals surface area contributed by atoms with Crippen LogP contribution in [0.15, 0.2) is 20.8 Å². The maximum Gasteiger partial charge on any atom is 0.354 e. The summed E-state index contributed by atoms with van der Waals surface area (Å²) < 4.78 is 16.6. The number of aromatic nitrogens is 1. The fourth-order valence-electron chi connectivity index (χ4n) is 3.60. The number of aliphatic hydroxyl groups excluding tert-OH is 1. The smallest absolute Gasteiger partial charge is 0.354 e. The molecule has 1 heterocycles. The molecule has 10 heteroatoms. The molecule has 2 aliphatic carbocycles. The number of aryl methyl sites for hydroxylation is 2. The van der Waals surface area contributed by atoms with Gasteiger partial charge in [-0.1, -0.05) is 6.07 Å². The molecule has 0 aliphatic heterocycles. The van der Waals surface area contributed by atoms with E-state index in [0.717, 1.165) is 60.3 Å². The number of hydrogen-bond acceptors (Lipinski definition) is 6. The molecule has 1 aromatic carbocycles. The van der Waals surface area contributed by atoms with E-state index in [2.05, 4.69) is 20.7 Å². The number of hydrogen-bond donors (Lipinski definition) is 4. The third kappa shape index (κ3) is 3.35. The minimum atomic E-state index is -3.52. The third-order valence-corrected chi connectivity index (χ3v) is 8.37. The van der Waals surface area contributed by atoms with Gasteiger partial charge in [0.2, 0.25) is 0 Å². The number of nitrogens with two attached hydrogens (primary N) is 1.